The van der Waals surface area contributed by atoms with E-state index in [1.807, 2.05) is 6.07 Å². The topological polar surface area (TPSA) is 30.7 Å². The standard InChI is InChI=1S/C31H31N3/c1-21(2)17-30-25-14-12-23(20-32)19-24(25)13-15-28-26-9-5-6-10-27(26)29-11-7-8-16-34(29)31(28)18-22(3)33(30)4/h5-12,14,16-17,19,28,31H,3,13,15,18H2,1-2,4H3/q+2. The number of nitriles is 1. The van der Waals surface area contributed by atoms with E-state index in [1.54, 1.807) is 0 Å². The van der Waals surface area contributed by atoms with Gasteiger partial charge in [0.2, 0.25) is 11.4 Å². The molecule has 2 aromatic carbocycles. The van der Waals surface area contributed by atoms with Crippen molar-refractivity contribution in [2.24, 2.45) is 0 Å². The second-order valence-corrected chi connectivity index (χ2v) is 9.71. The van der Waals surface area contributed by atoms with Gasteiger partial charge in [-0.2, -0.15) is 14.4 Å². The molecule has 1 aromatic heterocycles. The number of nitrogens with zero attached hydrogens (tertiary/aromatic N) is 3. The van der Waals surface area contributed by atoms with Gasteiger partial charge in [0.1, 0.15) is 7.05 Å². The highest BCUT2D eigenvalue weighted by atomic mass is 15.1. The van der Waals surface area contributed by atoms with Crippen LogP contribution in [0.3, 0.4) is 0 Å². The van der Waals surface area contributed by atoms with Gasteiger partial charge < -0.3 is 0 Å². The Morgan fingerprint density at radius 2 is 1.85 bits per heavy atom. The molecule has 0 aliphatic carbocycles. The van der Waals surface area contributed by atoms with E-state index < -0.39 is 0 Å². The summed E-state index contributed by atoms with van der Waals surface area (Å²) in [6.07, 6.45) is 7.28. The Labute approximate surface area is 202 Å². The van der Waals surface area contributed by atoms with Gasteiger partial charge in [-0.3, -0.25) is 0 Å². The number of rotatable bonds is 1. The first-order valence-electron chi connectivity index (χ1n) is 12.0. The van der Waals surface area contributed by atoms with Gasteiger partial charge in [-0.1, -0.05) is 23.8 Å². The van der Waals surface area contributed by atoms with Crippen molar-refractivity contribution in [1.29, 1.82) is 5.26 Å². The van der Waals surface area contributed by atoms with Crippen molar-refractivity contribution in [3.8, 4) is 17.3 Å². The summed E-state index contributed by atoms with van der Waals surface area (Å²) in [5.41, 5.74) is 10.6. The van der Waals surface area contributed by atoms with Gasteiger partial charge in [-0.05, 0) is 74.7 Å². The number of aryl methyl sites for hydroxylation is 1. The van der Waals surface area contributed by atoms with Crippen molar-refractivity contribution >= 4 is 5.71 Å². The molecule has 0 amide bonds. The van der Waals surface area contributed by atoms with E-state index >= 15 is 0 Å². The van der Waals surface area contributed by atoms with E-state index in [0.29, 0.717) is 11.5 Å². The van der Waals surface area contributed by atoms with Gasteiger partial charge in [0.15, 0.2) is 17.9 Å². The van der Waals surface area contributed by atoms with Gasteiger partial charge in [0.25, 0.3) is 0 Å². The van der Waals surface area contributed by atoms with E-state index in [4.69, 9.17) is 0 Å². The Morgan fingerprint density at radius 3 is 2.65 bits per heavy atom. The molecule has 3 nitrogen and oxygen atoms in total. The fourth-order valence-electron chi connectivity index (χ4n) is 5.63. The molecule has 168 valence electrons. The predicted molar refractivity (Wildman–Crippen MR) is 137 cm³/mol. The van der Waals surface area contributed by atoms with E-state index in [-0.39, 0.29) is 6.04 Å². The van der Waals surface area contributed by atoms with Crippen molar-refractivity contribution in [3.63, 3.8) is 0 Å². The Kier molecular flexibility index (Phi) is 5.75. The maximum Gasteiger partial charge on any atom is 0.213 e. The minimum absolute atomic E-state index is 0.287. The summed E-state index contributed by atoms with van der Waals surface area (Å²) in [5, 5.41) is 9.60. The molecule has 2 atom stereocenters. The van der Waals surface area contributed by atoms with Gasteiger partial charge >= 0.3 is 0 Å². The summed E-state index contributed by atoms with van der Waals surface area (Å²) in [5.74, 6) is 0.366. The third-order valence-electron chi connectivity index (χ3n) is 7.29. The zero-order valence-corrected chi connectivity index (χ0v) is 20.3. The normalized spacial score (nSPS) is 19.2. The van der Waals surface area contributed by atoms with Crippen LogP contribution in [0.5, 0.6) is 0 Å². The Morgan fingerprint density at radius 1 is 1.06 bits per heavy atom. The van der Waals surface area contributed by atoms with Crippen molar-refractivity contribution in [2.45, 2.75) is 45.1 Å². The summed E-state index contributed by atoms with van der Waals surface area (Å²) in [4.78, 5) is 0. The monoisotopic (exact) mass is 445 g/mol. The molecular formula is C31H31N3+2. The van der Waals surface area contributed by atoms with Crippen LogP contribution in [0.4, 0.5) is 0 Å². The lowest BCUT2D eigenvalue weighted by Crippen LogP contribution is -2.48. The van der Waals surface area contributed by atoms with Crippen LogP contribution >= 0.6 is 0 Å². The molecule has 5 rings (SSSR count). The molecule has 0 bridgehead atoms. The van der Waals surface area contributed by atoms with E-state index in [0.717, 1.165) is 30.7 Å². The molecule has 3 heteroatoms. The van der Waals surface area contributed by atoms with Crippen LogP contribution in [0, 0.1) is 11.3 Å². The maximum atomic E-state index is 9.60. The smallest absolute Gasteiger partial charge is 0.199 e. The number of fused-ring (bicyclic) bond motifs is 7. The lowest BCUT2D eigenvalue weighted by molar-refractivity contribution is -0.720. The van der Waals surface area contributed by atoms with Gasteiger partial charge in [-0.25, -0.2) is 0 Å². The van der Waals surface area contributed by atoms with Crippen LogP contribution in [0.2, 0.25) is 0 Å². The molecule has 34 heavy (non-hydrogen) atoms. The lowest BCUT2D eigenvalue weighted by atomic mass is 9.77. The third-order valence-corrected chi connectivity index (χ3v) is 7.29. The fraction of sp³-hybridized carbons (Fsp3) is 0.258. The quantitative estimate of drug-likeness (QED) is 0.416. The average molecular weight is 446 g/mol. The van der Waals surface area contributed by atoms with Crippen molar-refractivity contribution in [2.75, 3.05) is 7.05 Å². The van der Waals surface area contributed by atoms with E-state index in [2.05, 4.69) is 110 Å². The third kappa shape index (κ3) is 3.80. The molecule has 2 unspecified atom stereocenters. The number of benzene rings is 2. The number of pyridine rings is 1. The van der Waals surface area contributed by atoms with Crippen LogP contribution < -0.4 is 4.57 Å². The van der Waals surface area contributed by atoms with E-state index in [1.165, 1.54) is 33.5 Å². The van der Waals surface area contributed by atoms with Crippen LogP contribution in [0.1, 0.15) is 60.9 Å². The molecule has 0 saturated carbocycles. The minimum Gasteiger partial charge on any atom is -0.199 e. The number of hydrogen-bond donors (Lipinski definition) is 0. The molecule has 2 aliphatic rings. The highest BCUT2D eigenvalue weighted by Crippen LogP contribution is 2.43. The first kappa shape index (κ1) is 22.0. The van der Waals surface area contributed by atoms with Crippen molar-refractivity contribution in [3.05, 3.63) is 113 Å². The summed E-state index contributed by atoms with van der Waals surface area (Å²) >= 11 is 0. The van der Waals surface area contributed by atoms with Crippen molar-refractivity contribution in [1.82, 2.24) is 0 Å². The molecule has 0 fully saturated rings. The van der Waals surface area contributed by atoms with Gasteiger partial charge in [-0.15, -0.1) is 0 Å². The summed E-state index contributed by atoms with van der Waals surface area (Å²) in [6.45, 7) is 8.83. The molecular weight excluding hydrogens is 414 g/mol. The molecule has 3 heterocycles. The lowest BCUT2D eigenvalue weighted by Gasteiger charge is -2.31. The molecule has 0 spiro atoms. The highest BCUT2D eigenvalue weighted by molar-refractivity contribution is 6.07. The SMILES string of the molecule is C=C1CC2C(CCc3cc(C#N)ccc3C(C=C(C)C)=[N+]1C)c1ccccc1-c1cccc[n+]12. The average Bonchev–Trinajstić information content (AvgIpc) is 2.86. The summed E-state index contributed by atoms with van der Waals surface area (Å²) in [6, 6.07) is 24.1. The van der Waals surface area contributed by atoms with Crippen LogP contribution in [-0.2, 0) is 6.42 Å². The number of aromatic nitrogens is 1. The maximum absolute atomic E-state index is 9.60. The number of hydrogen-bond acceptors (Lipinski definition) is 1. The van der Waals surface area contributed by atoms with Crippen LogP contribution in [-0.4, -0.2) is 17.3 Å². The molecule has 2 aliphatic heterocycles. The largest absolute Gasteiger partial charge is 0.213 e. The van der Waals surface area contributed by atoms with Gasteiger partial charge in [0, 0.05) is 35.3 Å². The fourth-order valence-corrected chi connectivity index (χ4v) is 5.63. The molecule has 0 N–H and O–H groups in total. The van der Waals surface area contributed by atoms with Crippen LogP contribution in [0.15, 0.2) is 90.8 Å². The highest BCUT2D eigenvalue weighted by Gasteiger charge is 2.41. The second-order valence-electron chi connectivity index (χ2n) is 9.71. The predicted octanol–water partition coefficient (Wildman–Crippen LogP) is 6.10. The van der Waals surface area contributed by atoms with E-state index in [9.17, 15) is 5.26 Å². The zero-order chi connectivity index (χ0) is 23.8. The zero-order valence-electron chi connectivity index (χ0n) is 20.3. The summed E-state index contributed by atoms with van der Waals surface area (Å²) in [7, 11) is 2.13. The Bertz CT molecular complexity index is 1400. The van der Waals surface area contributed by atoms with Crippen LogP contribution in [0.25, 0.3) is 11.3 Å². The van der Waals surface area contributed by atoms with Gasteiger partial charge in [0.05, 0.1) is 18.1 Å². The second kappa shape index (κ2) is 8.88. The Hall–Kier alpha value is -3.77. The number of allylic oxidation sites excluding steroid dienone is 3. The minimum atomic E-state index is 0.287. The first-order valence-corrected chi connectivity index (χ1v) is 12.0. The van der Waals surface area contributed by atoms with Crippen molar-refractivity contribution < 1.29 is 9.14 Å². The summed E-state index contributed by atoms with van der Waals surface area (Å²) < 4.78 is 4.71. The Balaban J connectivity index is 1.73. The first-order chi connectivity index (χ1) is 16.5. The molecule has 0 saturated heterocycles. The molecule has 0 radical (unpaired) electrons. The molecule has 3 aromatic rings.